The maximum atomic E-state index is 2.33. The first kappa shape index (κ1) is 8.05. The van der Waals surface area contributed by atoms with Crippen LogP contribution in [-0.4, -0.2) is 0 Å². The second-order valence-corrected chi connectivity index (χ2v) is 4.37. The molecule has 14 heavy (non-hydrogen) atoms. The van der Waals surface area contributed by atoms with Gasteiger partial charge in [-0.25, -0.2) is 0 Å². The smallest absolute Gasteiger partial charge is 0.00679 e. The topological polar surface area (TPSA) is 0 Å². The van der Waals surface area contributed by atoms with Crippen molar-refractivity contribution in [1.29, 1.82) is 0 Å². The number of allylic oxidation sites excluding steroid dienone is 4. The highest BCUT2D eigenvalue weighted by atomic mass is 14.3. The molecule has 0 aliphatic heterocycles. The minimum Gasteiger partial charge on any atom is -0.0766 e. The van der Waals surface area contributed by atoms with Crippen molar-refractivity contribution in [3.8, 4) is 0 Å². The van der Waals surface area contributed by atoms with Crippen LogP contribution in [0.1, 0.15) is 22.3 Å². The first-order valence-electron chi connectivity index (χ1n) is 5.25. The third kappa shape index (κ3) is 0.886. The molecular weight excluding hydrogens is 168 g/mol. The van der Waals surface area contributed by atoms with Gasteiger partial charge < -0.3 is 0 Å². The molecule has 70 valence electrons. The van der Waals surface area contributed by atoms with E-state index in [2.05, 4.69) is 44.2 Å². The molecule has 2 aliphatic carbocycles. The normalized spacial score (nSPS) is 22.1. The van der Waals surface area contributed by atoms with Crippen LogP contribution in [0.25, 0.3) is 5.57 Å². The summed E-state index contributed by atoms with van der Waals surface area (Å²) >= 11 is 0. The highest BCUT2D eigenvalue weighted by Crippen LogP contribution is 2.43. The molecule has 0 amide bonds. The van der Waals surface area contributed by atoms with Gasteiger partial charge in [0.05, 0.1) is 0 Å². The Morgan fingerprint density at radius 3 is 2.79 bits per heavy atom. The number of rotatable bonds is 0. The molecule has 3 rings (SSSR count). The van der Waals surface area contributed by atoms with E-state index in [9.17, 15) is 0 Å². The van der Waals surface area contributed by atoms with Crippen molar-refractivity contribution in [2.45, 2.75) is 20.3 Å². The van der Waals surface area contributed by atoms with Crippen LogP contribution in [0.5, 0.6) is 0 Å². The number of aryl methyl sites for hydroxylation is 2. The Morgan fingerprint density at radius 1 is 1.14 bits per heavy atom. The summed E-state index contributed by atoms with van der Waals surface area (Å²) in [6.45, 7) is 4.45. The second-order valence-electron chi connectivity index (χ2n) is 4.37. The average Bonchev–Trinajstić information content (AvgIpc) is 2.70. The lowest BCUT2D eigenvalue weighted by atomic mass is 9.98. The Balaban J connectivity index is 2.29. The third-order valence-corrected chi connectivity index (χ3v) is 3.49. The van der Waals surface area contributed by atoms with E-state index in [4.69, 9.17) is 0 Å². The van der Waals surface area contributed by atoms with E-state index in [1.165, 1.54) is 23.1 Å². The van der Waals surface area contributed by atoms with Crippen LogP contribution < -0.4 is 0 Å². The molecule has 0 saturated carbocycles. The number of hydrogen-bond donors (Lipinski definition) is 0. The largest absolute Gasteiger partial charge is 0.0766 e. The molecule has 0 spiro atoms. The lowest BCUT2D eigenvalue weighted by molar-refractivity contribution is 0.874. The summed E-state index contributed by atoms with van der Waals surface area (Å²) in [5, 5.41) is 0. The van der Waals surface area contributed by atoms with E-state index in [1.54, 1.807) is 11.1 Å². The van der Waals surface area contributed by atoms with Crippen molar-refractivity contribution in [2.75, 3.05) is 0 Å². The minimum atomic E-state index is 0.671. The zero-order valence-corrected chi connectivity index (χ0v) is 8.67. The molecule has 0 nitrogen and oxygen atoms in total. The number of fused-ring (bicyclic) bond motifs is 3. The fourth-order valence-corrected chi connectivity index (χ4v) is 2.72. The molecule has 0 aromatic heterocycles. The van der Waals surface area contributed by atoms with Crippen molar-refractivity contribution in [3.63, 3.8) is 0 Å². The molecule has 0 radical (unpaired) electrons. The van der Waals surface area contributed by atoms with Crippen molar-refractivity contribution >= 4 is 5.57 Å². The lowest BCUT2D eigenvalue weighted by Crippen LogP contribution is -1.90. The van der Waals surface area contributed by atoms with Crippen molar-refractivity contribution in [2.24, 2.45) is 5.92 Å². The predicted molar refractivity (Wildman–Crippen MR) is 60.2 cm³/mol. The highest BCUT2D eigenvalue weighted by Gasteiger charge is 2.28. The average molecular weight is 182 g/mol. The van der Waals surface area contributed by atoms with E-state index < -0.39 is 0 Å². The molecule has 1 unspecified atom stereocenters. The van der Waals surface area contributed by atoms with Gasteiger partial charge in [-0.2, -0.15) is 0 Å². The minimum absolute atomic E-state index is 0.671. The van der Waals surface area contributed by atoms with E-state index in [-0.39, 0.29) is 0 Å². The van der Waals surface area contributed by atoms with Crippen LogP contribution in [-0.2, 0) is 6.42 Å². The number of hydrogen-bond acceptors (Lipinski definition) is 0. The van der Waals surface area contributed by atoms with E-state index in [1.807, 2.05) is 0 Å². The SMILES string of the molecule is Cc1ccc(C)c2c1CC1C=CC=C21. The summed E-state index contributed by atoms with van der Waals surface area (Å²) in [6, 6.07) is 4.50. The summed E-state index contributed by atoms with van der Waals surface area (Å²) < 4.78 is 0. The standard InChI is InChI=1S/C14H14/c1-9-6-7-10(2)14-12-5-3-4-11(12)8-13(9)14/h3-7,11H,8H2,1-2H3. The Hall–Kier alpha value is -1.30. The van der Waals surface area contributed by atoms with Gasteiger partial charge in [-0.3, -0.25) is 0 Å². The van der Waals surface area contributed by atoms with Crippen molar-refractivity contribution < 1.29 is 0 Å². The molecule has 1 atom stereocenters. The van der Waals surface area contributed by atoms with Gasteiger partial charge in [-0.15, -0.1) is 0 Å². The quantitative estimate of drug-likeness (QED) is 0.576. The summed E-state index contributed by atoms with van der Waals surface area (Å²) in [4.78, 5) is 0. The molecule has 0 heteroatoms. The molecule has 1 aromatic carbocycles. The van der Waals surface area contributed by atoms with Crippen molar-refractivity contribution in [1.82, 2.24) is 0 Å². The first-order chi connectivity index (χ1) is 6.77. The molecule has 1 aromatic rings. The van der Waals surface area contributed by atoms with Gasteiger partial charge in [0, 0.05) is 5.92 Å². The number of benzene rings is 1. The van der Waals surface area contributed by atoms with Crippen LogP contribution in [0.15, 0.2) is 30.4 Å². The first-order valence-corrected chi connectivity index (χ1v) is 5.25. The van der Waals surface area contributed by atoms with Crippen molar-refractivity contribution in [3.05, 3.63) is 52.6 Å². The second kappa shape index (κ2) is 2.60. The summed E-state index contributed by atoms with van der Waals surface area (Å²) in [5.41, 5.74) is 7.53. The monoisotopic (exact) mass is 182 g/mol. The molecule has 0 fully saturated rings. The fraction of sp³-hybridized carbons (Fsp3) is 0.286. The third-order valence-electron chi connectivity index (χ3n) is 3.49. The Morgan fingerprint density at radius 2 is 1.93 bits per heavy atom. The fourth-order valence-electron chi connectivity index (χ4n) is 2.72. The molecular formula is C14H14. The van der Waals surface area contributed by atoms with Crippen LogP contribution >= 0.6 is 0 Å². The maximum absolute atomic E-state index is 2.33. The zero-order chi connectivity index (χ0) is 9.71. The molecule has 0 saturated heterocycles. The zero-order valence-electron chi connectivity index (χ0n) is 8.67. The van der Waals surface area contributed by atoms with Gasteiger partial charge in [-0.1, -0.05) is 30.4 Å². The Bertz CT molecular complexity index is 461. The molecule has 0 heterocycles. The van der Waals surface area contributed by atoms with E-state index in [0.717, 1.165) is 0 Å². The van der Waals surface area contributed by atoms with Gasteiger partial charge in [0.2, 0.25) is 0 Å². The highest BCUT2D eigenvalue weighted by molar-refractivity contribution is 5.81. The lowest BCUT2D eigenvalue weighted by Gasteiger charge is -2.07. The van der Waals surface area contributed by atoms with Gasteiger partial charge in [0.25, 0.3) is 0 Å². The summed E-state index contributed by atoms with van der Waals surface area (Å²) in [6.07, 6.45) is 8.02. The van der Waals surface area contributed by atoms with E-state index >= 15 is 0 Å². The molecule has 0 bridgehead atoms. The van der Waals surface area contributed by atoms with Gasteiger partial charge >= 0.3 is 0 Å². The molecule has 2 aliphatic rings. The summed E-state index contributed by atoms with van der Waals surface area (Å²) in [5.74, 6) is 0.671. The maximum Gasteiger partial charge on any atom is 0.00679 e. The van der Waals surface area contributed by atoms with Crippen LogP contribution in [0, 0.1) is 19.8 Å². The van der Waals surface area contributed by atoms with Crippen LogP contribution in [0.4, 0.5) is 0 Å². The Kier molecular flexibility index (Phi) is 1.49. The van der Waals surface area contributed by atoms with Gasteiger partial charge in [0.1, 0.15) is 0 Å². The van der Waals surface area contributed by atoms with Crippen LogP contribution in [0.2, 0.25) is 0 Å². The van der Waals surface area contributed by atoms with Crippen LogP contribution in [0.3, 0.4) is 0 Å². The Labute approximate surface area is 85.0 Å². The molecule has 0 N–H and O–H groups in total. The predicted octanol–water partition coefficient (Wildman–Crippen LogP) is 3.43. The van der Waals surface area contributed by atoms with Gasteiger partial charge in [0.15, 0.2) is 0 Å². The summed E-state index contributed by atoms with van der Waals surface area (Å²) in [7, 11) is 0. The van der Waals surface area contributed by atoms with Gasteiger partial charge in [-0.05, 0) is 48.1 Å². The van der Waals surface area contributed by atoms with E-state index in [0.29, 0.717) is 5.92 Å².